The number of hydrogen-bond acceptors (Lipinski definition) is 3. The average Bonchev–Trinajstić information content (AvgIpc) is 3.27. The number of amides is 1. The van der Waals surface area contributed by atoms with E-state index in [9.17, 15) is 9.59 Å². The summed E-state index contributed by atoms with van der Waals surface area (Å²) in [5, 5.41) is 10.1. The molecule has 1 aliphatic carbocycles. The summed E-state index contributed by atoms with van der Waals surface area (Å²) in [5.74, 6) is -1.11. The molecule has 0 spiro atoms. The number of carbonyl (C=O) groups is 2. The van der Waals surface area contributed by atoms with Crippen molar-refractivity contribution < 1.29 is 19.4 Å². The fourth-order valence-corrected chi connectivity index (χ4v) is 3.40. The maximum absolute atomic E-state index is 12.5. The van der Waals surface area contributed by atoms with Gasteiger partial charge < -0.3 is 14.7 Å². The van der Waals surface area contributed by atoms with Gasteiger partial charge in [0.05, 0.1) is 13.2 Å². The van der Waals surface area contributed by atoms with Gasteiger partial charge in [-0.15, -0.1) is 0 Å². The molecular weight excluding hydrogens is 329 g/mol. The summed E-state index contributed by atoms with van der Waals surface area (Å²) in [6.45, 7) is 0.785. The number of hydrogen-bond donors (Lipinski definition) is 1. The fraction of sp³-hybridized carbons (Fsp3) is 0.467. The molecule has 22 heavy (non-hydrogen) atoms. The molecule has 0 radical (unpaired) electrons. The molecule has 2 aliphatic rings. The molecule has 1 saturated heterocycles. The quantitative estimate of drug-likeness (QED) is 0.915. The summed E-state index contributed by atoms with van der Waals surface area (Å²) in [7, 11) is 0. The lowest BCUT2D eigenvalue weighted by atomic mass is 10.1. The number of aliphatic carboxylic acids is 1. The van der Waals surface area contributed by atoms with Crippen LogP contribution in [0.25, 0.3) is 0 Å². The molecular formula is C15H15Cl2NO4. The molecule has 0 aromatic heterocycles. The van der Waals surface area contributed by atoms with Crippen LogP contribution in [0, 0.1) is 5.92 Å². The number of halogens is 2. The first-order valence-electron chi connectivity index (χ1n) is 7.05. The van der Waals surface area contributed by atoms with Crippen LogP contribution in [0.1, 0.15) is 17.9 Å². The van der Waals surface area contributed by atoms with Crippen LogP contribution in [0.4, 0.5) is 0 Å². The molecule has 1 aromatic rings. The Bertz CT molecular complexity index is 622. The molecule has 3 atom stereocenters. The van der Waals surface area contributed by atoms with Crippen molar-refractivity contribution in [3.63, 3.8) is 0 Å². The molecule has 1 N–H and O–H groups in total. The third-order valence-corrected chi connectivity index (χ3v) is 4.69. The van der Waals surface area contributed by atoms with Crippen molar-refractivity contribution in [2.45, 2.75) is 18.4 Å². The van der Waals surface area contributed by atoms with Gasteiger partial charge in [-0.2, -0.15) is 0 Å². The minimum atomic E-state index is -1.04. The van der Waals surface area contributed by atoms with Gasteiger partial charge in [-0.3, -0.25) is 4.79 Å². The lowest BCUT2D eigenvalue weighted by Crippen LogP contribution is -2.49. The van der Waals surface area contributed by atoms with Crippen LogP contribution in [0.15, 0.2) is 18.2 Å². The lowest BCUT2D eigenvalue weighted by molar-refractivity contribution is -0.159. The van der Waals surface area contributed by atoms with E-state index in [1.54, 1.807) is 17.0 Å². The second-order valence-electron chi connectivity index (χ2n) is 5.60. The smallest absolute Gasteiger partial charge is 0.334 e. The maximum atomic E-state index is 12.5. The van der Waals surface area contributed by atoms with E-state index < -0.39 is 12.1 Å². The summed E-state index contributed by atoms with van der Waals surface area (Å²) >= 11 is 12.1. The van der Waals surface area contributed by atoms with E-state index in [4.69, 9.17) is 33.0 Å². The summed E-state index contributed by atoms with van der Waals surface area (Å²) in [6, 6.07) is 5.29. The maximum Gasteiger partial charge on any atom is 0.334 e. The number of ether oxygens (including phenoxy) is 1. The predicted molar refractivity (Wildman–Crippen MR) is 81.3 cm³/mol. The monoisotopic (exact) mass is 343 g/mol. The topological polar surface area (TPSA) is 66.8 Å². The molecule has 2 fully saturated rings. The number of carbonyl (C=O) groups excluding carboxylic acids is 1. The Balaban J connectivity index is 1.66. The summed E-state index contributed by atoms with van der Waals surface area (Å²) < 4.78 is 5.13. The van der Waals surface area contributed by atoms with Gasteiger partial charge in [-0.1, -0.05) is 29.3 Å². The second-order valence-corrected chi connectivity index (χ2v) is 6.44. The van der Waals surface area contributed by atoms with Crippen LogP contribution in [-0.2, 0) is 14.3 Å². The standard InChI is InChI=1S/C15H15Cl2NO4/c16-8-1-2-9(12(17)5-8)10-6-11(10)14(19)18-3-4-22-13(7-18)15(20)21/h1-2,5,10-11,13H,3-4,6-7H2,(H,20,21). The van der Waals surface area contributed by atoms with Crippen molar-refractivity contribution in [1.29, 1.82) is 0 Å². The number of carboxylic acids is 1. The summed E-state index contributed by atoms with van der Waals surface area (Å²) in [5.41, 5.74) is 0.924. The molecule has 7 heteroatoms. The van der Waals surface area contributed by atoms with E-state index in [1.165, 1.54) is 0 Å². The zero-order valence-electron chi connectivity index (χ0n) is 11.7. The molecule has 1 aliphatic heterocycles. The highest BCUT2D eigenvalue weighted by molar-refractivity contribution is 6.35. The van der Waals surface area contributed by atoms with Crippen molar-refractivity contribution in [1.82, 2.24) is 4.90 Å². The first kappa shape index (κ1) is 15.6. The first-order chi connectivity index (χ1) is 10.5. The van der Waals surface area contributed by atoms with Crippen molar-refractivity contribution in [2.75, 3.05) is 19.7 Å². The Morgan fingerprint density at radius 2 is 2.09 bits per heavy atom. The van der Waals surface area contributed by atoms with Crippen LogP contribution in [0.3, 0.4) is 0 Å². The highest BCUT2D eigenvalue weighted by Crippen LogP contribution is 2.50. The molecule has 1 aromatic carbocycles. The van der Waals surface area contributed by atoms with Gasteiger partial charge in [0.25, 0.3) is 0 Å². The zero-order chi connectivity index (χ0) is 15.9. The Kier molecular flexibility index (Phi) is 4.30. The molecule has 118 valence electrons. The SMILES string of the molecule is O=C(O)C1CN(C(=O)C2CC2c2ccc(Cl)cc2Cl)CCO1. The van der Waals surface area contributed by atoms with Gasteiger partial charge in [0.15, 0.2) is 6.10 Å². The van der Waals surface area contributed by atoms with Crippen LogP contribution >= 0.6 is 23.2 Å². The second kappa shape index (κ2) is 6.07. The third kappa shape index (κ3) is 3.07. The zero-order valence-corrected chi connectivity index (χ0v) is 13.2. The Morgan fingerprint density at radius 1 is 1.32 bits per heavy atom. The average molecular weight is 344 g/mol. The van der Waals surface area contributed by atoms with Crippen LogP contribution in [-0.4, -0.2) is 47.7 Å². The molecule has 1 saturated carbocycles. The van der Waals surface area contributed by atoms with E-state index in [0.29, 0.717) is 16.6 Å². The van der Waals surface area contributed by atoms with Gasteiger partial charge in [0.1, 0.15) is 0 Å². The first-order valence-corrected chi connectivity index (χ1v) is 7.81. The number of benzene rings is 1. The van der Waals surface area contributed by atoms with Gasteiger partial charge >= 0.3 is 5.97 Å². The van der Waals surface area contributed by atoms with E-state index in [2.05, 4.69) is 0 Å². The molecule has 5 nitrogen and oxygen atoms in total. The van der Waals surface area contributed by atoms with Crippen LogP contribution < -0.4 is 0 Å². The molecule has 3 rings (SSSR count). The molecule has 3 unspecified atom stereocenters. The molecule has 0 bridgehead atoms. The van der Waals surface area contributed by atoms with Crippen molar-refractivity contribution in [3.8, 4) is 0 Å². The molecule has 1 heterocycles. The minimum Gasteiger partial charge on any atom is -0.479 e. The number of morpholine rings is 1. The van der Waals surface area contributed by atoms with Crippen LogP contribution in [0.5, 0.6) is 0 Å². The van der Waals surface area contributed by atoms with Gasteiger partial charge in [-0.25, -0.2) is 4.79 Å². The highest BCUT2D eigenvalue weighted by atomic mass is 35.5. The largest absolute Gasteiger partial charge is 0.479 e. The summed E-state index contributed by atoms with van der Waals surface area (Å²) in [6.07, 6.45) is -0.205. The minimum absolute atomic E-state index is 0.0226. The number of carboxylic acid groups (broad SMARTS) is 1. The van der Waals surface area contributed by atoms with Gasteiger partial charge in [0.2, 0.25) is 5.91 Å². The van der Waals surface area contributed by atoms with E-state index >= 15 is 0 Å². The van der Waals surface area contributed by atoms with Crippen molar-refractivity contribution in [2.24, 2.45) is 5.92 Å². The van der Waals surface area contributed by atoms with E-state index in [-0.39, 0.29) is 30.9 Å². The number of nitrogens with zero attached hydrogens (tertiary/aromatic N) is 1. The van der Waals surface area contributed by atoms with Crippen molar-refractivity contribution in [3.05, 3.63) is 33.8 Å². The van der Waals surface area contributed by atoms with Crippen molar-refractivity contribution >= 4 is 35.1 Å². The van der Waals surface area contributed by atoms with E-state index in [1.807, 2.05) is 6.07 Å². The Morgan fingerprint density at radius 3 is 2.77 bits per heavy atom. The number of rotatable bonds is 3. The molecule has 1 amide bonds. The Hall–Kier alpha value is -1.30. The Labute approximate surface area is 137 Å². The summed E-state index contributed by atoms with van der Waals surface area (Å²) in [4.78, 5) is 25.1. The fourth-order valence-electron chi connectivity index (χ4n) is 2.85. The third-order valence-electron chi connectivity index (χ3n) is 4.12. The van der Waals surface area contributed by atoms with Crippen LogP contribution in [0.2, 0.25) is 10.0 Å². The normalized spacial score (nSPS) is 27.5. The van der Waals surface area contributed by atoms with Gasteiger partial charge in [0, 0.05) is 22.5 Å². The predicted octanol–water partition coefficient (Wildman–Crippen LogP) is 2.41. The van der Waals surface area contributed by atoms with Gasteiger partial charge in [-0.05, 0) is 30.0 Å². The lowest BCUT2D eigenvalue weighted by Gasteiger charge is -2.31. The highest BCUT2D eigenvalue weighted by Gasteiger charge is 2.47. The van der Waals surface area contributed by atoms with E-state index in [0.717, 1.165) is 12.0 Å².